The van der Waals surface area contributed by atoms with Gasteiger partial charge in [0.05, 0.1) is 0 Å². The molecule has 1 amide bonds. The maximum Gasteiger partial charge on any atom is 0.218 e. The Bertz CT molecular complexity index is 421. The molecule has 1 aliphatic rings. The fourth-order valence-corrected chi connectivity index (χ4v) is 2.43. The number of carbonyl (C=O) groups is 1. The molecule has 0 bridgehead atoms. The lowest BCUT2D eigenvalue weighted by Crippen LogP contribution is -2.43. The fourth-order valence-electron chi connectivity index (χ4n) is 2.43. The Hall–Kier alpha value is -1.62. The molecule has 0 unspecified atom stereocenters. The molecule has 0 aromatic heterocycles. The molecular weight excluding hydrogens is 245 g/mol. The molecule has 3 N–H and O–H groups in total. The summed E-state index contributed by atoms with van der Waals surface area (Å²) in [7, 11) is 0. The van der Waals surface area contributed by atoms with Crippen molar-refractivity contribution in [3.8, 4) is 0 Å². The van der Waals surface area contributed by atoms with Gasteiger partial charge in [-0.25, -0.2) is 4.39 Å². The minimum Gasteiger partial charge on any atom is -0.381 e. The molecule has 104 valence electrons. The lowest BCUT2D eigenvalue weighted by molar-refractivity contribution is -0.118. The molecule has 0 spiro atoms. The van der Waals surface area contributed by atoms with Gasteiger partial charge in [-0.3, -0.25) is 4.79 Å². The van der Waals surface area contributed by atoms with Gasteiger partial charge in [-0.15, -0.1) is 0 Å². The quantitative estimate of drug-likeness (QED) is 0.849. The smallest absolute Gasteiger partial charge is 0.218 e. The van der Waals surface area contributed by atoms with Gasteiger partial charge in [0.25, 0.3) is 0 Å². The van der Waals surface area contributed by atoms with E-state index in [2.05, 4.69) is 10.2 Å². The van der Waals surface area contributed by atoms with Crippen molar-refractivity contribution in [3.63, 3.8) is 0 Å². The van der Waals surface area contributed by atoms with E-state index < -0.39 is 0 Å². The molecule has 1 fully saturated rings. The first-order valence-electron chi connectivity index (χ1n) is 6.66. The van der Waals surface area contributed by atoms with E-state index in [1.165, 1.54) is 12.1 Å². The molecule has 1 heterocycles. The predicted octanol–water partition coefficient (Wildman–Crippen LogP) is 1.58. The van der Waals surface area contributed by atoms with E-state index in [1.807, 2.05) is 0 Å². The molecule has 1 saturated heterocycles. The number of piperidine rings is 1. The molecular formula is C14H20FN3O. The number of amides is 1. The number of benzene rings is 1. The van der Waals surface area contributed by atoms with Crippen LogP contribution in [-0.2, 0) is 4.79 Å². The number of carbonyl (C=O) groups excluding carboxylic acids is 1. The van der Waals surface area contributed by atoms with Gasteiger partial charge in [0.15, 0.2) is 0 Å². The van der Waals surface area contributed by atoms with Gasteiger partial charge in [-0.05, 0) is 43.7 Å². The maximum absolute atomic E-state index is 12.8. The number of nitrogens with two attached hydrogens (primary N) is 1. The van der Waals surface area contributed by atoms with Crippen molar-refractivity contribution in [1.29, 1.82) is 0 Å². The van der Waals surface area contributed by atoms with Crippen LogP contribution in [0, 0.1) is 5.82 Å². The Morgan fingerprint density at radius 3 is 2.84 bits per heavy atom. The third-order valence-electron chi connectivity index (χ3n) is 3.39. The topological polar surface area (TPSA) is 58.4 Å². The van der Waals surface area contributed by atoms with E-state index in [4.69, 9.17) is 5.73 Å². The first-order valence-corrected chi connectivity index (χ1v) is 6.66. The third kappa shape index (κ3) is 4.52. The molecule has 2 rings (SSSR count). The van der Waals surface area contributed by atoms with Crippen molar-refractivity contribution < 1.29 is 9.18 Å². The summed E-state index contributed by atoms with van der Waals surface area (Å²) in [6.07, 6.45) is 2.59. The van der Waals surface area contributed by atoms with Crippen molar-refractivity contribution >= 4 is 11.6 Å². The predicted molar refractivity (Wildman–Crippen MR) is 73.3 cm³/mol. The second-order valence-electron chi connectivity index (χ2n) is 5.01. The zero-order valence-corrected chi connectivity index (χ0v) is 10.9. The van der Waals surface area contributed by atoms with E-state index in [-0.39, 0.29) is 11.7 Å². The molecule has 5 heteroatoms. The number of likely N-dealkylation sites (tertiary alicyclic amines) is 1. The van der Waals surface area contributed by atoms with E-state index in [1.54, 1.807) is 12.1 Å². The normalized spacial score (nSPS) is 20.2. The molecule has 0 radical (unpaired) electrons. The number of nitrogens with zero attached hydrogens (tertiary/aromatic N) is 1. The first kappa shape index (κ1) is 13.8. The SMILES string of the molecule is NC(=O)CCN1CCC[C@@H](Nc2ccc(F)cc2)C1. The Balaban J connectivity index is 1.83. The van der Waals surface area contributed by atoms with Gasteiger partial charge in [0.2, 0.25) is 5.91 Å². The second kappa shape index (κ2) is 6.52. The van der Waals surface area contributed by atoms with Crippen molar-refractivity contribution in [2.45, 2.75) is 25.3 Å². The Labute approximate surface area is 112 Å². The van der Waals surface area contributed by atoms with E-state index in [0.29, 0.717) is 12.5 Å². The lowest BCUT2D eigenvalue weighted by atomic mass is 10.0. The van der Waals surface area contributed by atoms with Gasteiger partial charge < -0.3 is 16.0 Å². The summed E-state index contributed by atoms with van der Waals surface area (Å²) in [4.78, 5) is 13.0. The third-order valence-corrected chi connectivity index (χ3v) is 3.39. The van der Waals surface area contributed by atoms with Crippen molar-refractivity contribution in [2.24, 2.45) is 5.73 Å². The van der Waals surface area contributed by atoms with Crippen LogP contribution in [0.25, 0.3) is 0 Å². The zero-order valence-electron chi connectivity index (χ0n) is 10.9. The average Bonchev–Trinajstić information content (AvgIpc) is 2.40. The molecule has 4 nitrogen and oxygen atoms in total. The lowest BCUT2D eigenvalue weighted by Gasteiger charge is -2.33. The molecule has 1 atom stereocenters. The minimum absolute atomic E-state index is 0.225. The van der Waals surface area contributed by atoms with Gasteiger partial charge >= 0.3 is 0 Å². The zero-order chi connectivity index (χ0) is 13.7. The number of halogens is 1. The van der Waals surface area contributed by atoms with Gasteiger partial charge in [0.1, 0.15) is 5.82 Å². The van der Waals surface area contributed by atoms with Crippen LogP contribution in [0.1, 0.15) is 19.3 Å². The summed E-state index contributed by atoms with van der Waals surface area (Å²) in [6.45, 7) is 2.62. The van der Waals surface area contributed by atoms with Crippen molar-refractivity contribution in [1.82, 2.24) is 4.90 Å². The number of hydrogen-bond acceptors (Lipinski definition) is 3. The molecule has 0 saturated carbocycles. The molecule has 19 heavy (non-hydrogen) atoms. The second-order valence-corrected chi connectivity index (χ2v) is 5.01. The summed E-state index contributed by atoms with van der Waals surface area (Å²) in [6, 6.07) is 6.74. The summed E-state index contributed by atoms with van der Waals surface area (Å²) in [5.74, 6) is -0.481. The average molecular weight is 265 g/mol. The van der Waals surface area contributed by atoms with E-state index in [9.17, 15) is 9.18 Å². The van der Waals surface area contributed by atoms with Crippen LogP contribution in [0.3, 0.4) is 0 Å². The number of primary amides is 1. The van der Waals surface area contributed by atoms with Crippen molar-refractivity contribution in [3.05, 3.63) is 30.1 Å². The number of hydrogen-bond donors (Lipinski definition) is 2. The van der Waals surface area contributed by atoms with Crippen LogP contribution < -0.4 is 11.1 Å². The summed E-state index contributed by atoms with van der Waals surface area (Å²) in [5.41, 5.74) is 6.10. The van der Waals surface area contributed by atoms with Crippen LogP contribution in [-0.4, -0.2) is 36.5 Å². The van der Waals surface area contributed by atoms with Gasteiger partial charge in [-0.1, -0.05) is 0 Å². The van der Waals surface area contributed by atoms with Crippen LogP contribution >= 0.6 is 0 Å². The highest BCUT2D eigenvalue weighted by atomic mass is 19.1. The Morgan fingerprint density at radius 2 is 2.16 bits per heavy atom. The standard InChI is InChI=1S/C14H20FN3O/c15-11-3-5-12(6-4-11)17-13-2-1-8-18(10-13)9-7-14(16)19/h3-6,13,17H,1-2,7-10H2,(H2,16,19)/t13-/m1/s1. The fraction of sp³-hybridized carbons (Fsp3) is 0.500. The van der Waals surface area contributed by atoms with Gasteiger partial charge in [0, 0.05) is 31.2 Å². The number of rotatable bonds is 5. The number of anilines is 1. The summed E-state index contributed by atoms with van der Waals surface area (Å²) < 4.78 is 12.8. The summed E-state index contributed by atoms with van der Waals surface area (Å²) in [5, 5.41) is 3.40. The molecule has 0 aliphatic carbocycles. The first-order chi connectivity index (χ1) is 9.13. The molecule has 1 aromatic carbocycles. The largest absolute Gasteiger partial charge is 0.381 e. The van der Waals surface area contributed by atoms with E-state index in [0.717, 1.165) is 38.2 Å². The number of nitrogens with one attached hydrogen (secondary N) is 1. The highest BCUT2D eigenvalue weighted by Crippen LogP contribution is 2.16. The van der Waals surface area contributed by atoms with Gasteiger partial charge in [-0.2, -0.15) is 0 Å². The van der Waals surface area contributed by atoms with Crippen LogP contribution in [0.2, 0.25) is 0 Å². The molecule has 1 aliphatic heterocycles. The van der Waals surface area contributed by atoms with Crippen LogP contribution in [0.4, 0.5) is 10.1 Å². The van der Waals surface area contributed by atoms with Crippen molar-refractivity contribution in [2.75, 3.05) is 25.0 Å². The highest BCUT2D eigenvalue weighted by Gasteiger charge is 2.19. The highest BCUT2D eigenvalue weighted by molar-refractivity contribution is 5.73. The monoisotopic (exact) mass is 265 g/mol. The molecule has 1 aromatic rings. The Morgan fingerprint density at radius 1 is 1.42 bits per heavy atom. The van der Waals surface area contributed by atoms with Crippen LogP contribution in [0.15, 0.2) is 24.3 Å². The Kier molecular flexibility index (Phi) is 4.74. The maximum atomic E-state index is 12.8. The van der Waals surface area contributed by atoms with Crippen LogP contribution in [0.5, 0.6) is 0 Å². The summed E-state index contributed by atoms with van der Waals surface area (Å²) >= 11 is 0. The minimum atomic E-state index is -0.256. The van der Waals surface area contributed by atoms with E-state index >= 15 is 0 Å².